The number of carbonyl (C=O) groups excluding carboxylic acids is 1. The van der Waals surface area contributed by atoms with Crippen LogP contribution in [-0.4, -0.2) is 28.8 Å². The van der Waals surface area contributed by atoms with Crippen molar-refractivity contribution >= 4 is 12.1 Å². The summed E-state index contributed by atoms with van der Waals surface area (Å²) in [4.78, 5) is 23.4. The lowest BCUT2D eigenvalue weighted by molar-refractivity contribution is -0.139. The number of carboxylic acids is 1. The zero-order valence-corrected chi connectivity index (χ0v) is 19.1. The van der Waals surface area contributed by atoms with Gasteiger partial charge >= 0.3 is 12.1 Å². The highest BCUT2D eigenvalue weighted by molar-refractivity contribution is 5.80. The van der Waals surface area contributed by atoms with Gasteiger partial charge in [-0.2, -0.15) is 0 Å². The van der Waals surface area contributed by atoms with E-state index in [1.807, 2.05) is 36.4 Å². The summed E-state index contributed by atoms with van der Waals surface area (Å²) >= 11 is 0. The predicted octanol–water partition coefficient (Wildman–Crippen LogP) is 4.90. The summed E-state index contributed by atoms with van der Waals surface area (Å²) in [6, 6.07) is 14.5. The molecule has 2 N–H and O–H groups in total. The summed E-state index contributed by atoms with van der Waals surface area (Å²) in [6.07, 6.45) is -0.601. The number of ether oxygens (including phenoxy) is 1. The van der Waals surface area contributed by atoms with Crippen LogP contribution in [0.15, 0.2) is 48.5 Å². The van der Waals surface area contributed by atoms with Crippen molar-refractivity contribution in [2.75, 3.05) is 0 Å². The van der Waals surface area contributed by atoms with Gasteiger partial charge in [-0.1, -0.05) is 56.9 Å². The lowest BCUT2D eigenvalue weighted by atomic mass is 9.87. The van der Waals surface area contributed by atoms with Crippen LogP contribution in [0, 0.1) is 11.8 Å². The molecular weight excluding hydrogens is 390 g/mol. The number of benzene rings is 2. The monoisotopic (exact) mass is 421 g/mol. The summed E-state index contributed by atoms with van der Waals surface area (Å²) in [6.45, 7) is 11.7. The van der Waals surface area contributed by atoms with Gasteiger partial charge in [-0.15, -0.1) is 0 Å². The summed E-state index contributed by atoms with van der Waals surface area (Å²) in [5.74, 6) is 5.16. The molecule has 164 valence electrons. The minimum absolute atomic E-state index is 0.105. The molecule has 1 amide bonds. The van der Waals surface area contributed by atoms with Crippen LogP contribution in [0.2, 0.25) is 0 Å². The molecule has 0 unspecified atom stereocenters. The number of alkyl carbamates (subject to hydrolysis) is 1. The Morgan fingerprint density at radius 1 is 0.903 bits per heavy atom. The average molecular weight is 422 g/mol. The smallest absolute Gasteiger partial charge is 0.408 e. The van der Waals surface area contributed by atoms with E-state index in [9.17, 15) is 14.7 Å². The summed E-state index contributed by atoms with van der Waals surface area (Å²) in [5, 5.41) is 11.8. The maximum absolute atomic E-state index is 11.9. The molecule has 0 aliphatic rings. The van der Waals surface area contributed by atoms with Crippen LogP contribution >= 0.6 is 0 Å². The van der Waals surface area contributed by atoms with Crippen molar-refractivity contribution in [3.63, 3.8) is 0 Å². The van der Waals surface area contributed by atoms with E-state index in [1.165, 1.54) is 5.56 Å². The predicted molar refractivity (Wildman–Crippen MR) is 122 cm³/mol. The first kappa shape index (κ1) is 24.0. The molecule has 5 nitrogen and oxygen atoms in total. The molecule has 0 aliphatic carbocycles. The third kappa shape index (κ3) is 8.18. The van der Waals surface area contributed by atoms with Gasteiger partial charge in [-0.25, -0.2) is 9.59 Å². The van der Waals surface area contributed by atoms with E-state index in [1.54, 1.807) is 20.8 Å². The Balaban J connectivity index is 2.03. The van der Waals surface area contributed by atoms with Crippen molar-refractivity contribution in [3.8, 4) is 11.8 Å². The highest BCUT2D eigenvalue weighted by Gasteiger charge is 2.24. The van der Waals surface area contributed by atoms with Crippen LogP contribution in [0.4, 0.5) is 4.79 Å². The van der Waals surface area contributed by atoms with Crippen molar-refractivity contribution in [2.45, 2.75) is 65.0 Å². The van der Waals surface area contributed by atoms with E-state index in [-0.39, 0.29) is 11.8 Å². The fourth-order valence-electron chi connectivity index (χ4n) is 2.81. The molecule has 0 bridgehead atoms. The number of aliphatic carboxylic acids is 1. The average Bonchev–Trinajstić information content (AvgIpc) is 2.65. The van der Waals surface area contributed by atoms with Crippen molar-refractivity contribution in [2.24, 2.45) is 0 Å². The highest BCUT2D eigenvalue weighted by atomic mass is 16.6. The standard InChI is InChI=1S/C26H31NO4/c1-25(2,3)21-15-13-19(14-16-21)8-7-18-9-11-20(12-10-18)17-22(23(28)29)27-24(30)31-26(4,5)6/h9-16,22H,17H2,1-6H3,(H,27,30)(H,28,29)/t22-/m0/s1. The third-order valence-corrected chi connectivity index (χ3v) is 4.48. The molecule has 0 aliphatic heterocycles. The van der Waals surface area contributed by atoms with E-state index in [4.69, 9.17) is 4.74 Å². The second-order valence-electron chi connectivity index (χ2n) is 9.52. The van der Waals surface area contributed by atoms with Gasteiger partial charge in [0.2, 0.25) is 0 Å². The van der Waals surface area contributed by atoms with Gasteiger partial charge in [-0.05, 0) is 61.6 Å². The summed E-state index contributed by atoms with van der Waals surface area (Å²) in [5.41, 5.74) is 3.22. The Kier molecular flexibility index (Phi) is 7.51. The number of carbonyl (C=O) groups is 2. The number of amides is 1. The molecule has 0 aromatic heterocycles. The molecule has 0 saturated carbocycles. The Labute approximate surface area is 184 Å². The van der Waals surface area contributed by atoms with Gasteiger partial charge in [0.05, 0.1) is 0 Å². The highest BCUT2D eigenvalue weighted by Crippen LogP contribution is 2.22. The molecule has 0 heterocycles. The summed E-state index contributed by atoms with van der Waals surface area (Å²) < 4.78 is 5.14. The first-order valence-electron chi connectivity index (χ1n) is 10.3. The van der Waals surface area contributed by atoms with Crippen LogP contribution in [0.25, 0.3) is 0 Å². The van der Waals surface area contributed by atoms with Crippen molar-refractivity contribution in [1.29, 1.82) is 0 Å². The molecule has 0 radical (unpaired) electrons. The van der Waals surface area contributed by atoms with Gasteiger partial charge in [0, 0.05) is 17.5 Å². The Morgan fingerprint density at radius 3 is 1.81 bits per heavy atom. The SMILES string of the molecule is CC(C)(C)OC(=O)N[C@@H](Cc1ccc(C#Cc2ccc(C(C)(C)C)cc2)cc1)C(=O)O. The molecule has 31 heavy (non-hydrogen) atoms. The van der Waals surface area contributed by atoms with E-state index in [0.29, 0.717) is 0 Å². The molecule has 0 fully saturated rings. The first-order chi connectivity index (χ1) is 14.3. The van der Waals surface area contributed by atoms with Crippen LogP contribution in [0.5, 0.6) is 0 Å². The van der Waals surface area contributed by atoms with E-state index in [0.717, 1.165) is 16.7 Å². The molecule has 1 atom stereocenters. The van der Waals surface area contributed by atoms with Crippen molar-refractivity contribution in [3.05, 3.63) is 70.8 Å². The molecule has 0 spiro atoms. The van der Waals surface area contributed by atoms with Crippen LogP contribution < -0.4 is 5.32 Å². The normalized spacial score (nSPS) is 12.3. The minimum atomic E-state index is -1.12. The lowest BCUT2D eigenvalue weighted by Gasteiger charge is -2.22. The summed E-state index contributed by atoms with van der Waals surface area (Å²) in [7, 11) is 0. The van der Waals surface area contributed by atoms with Gasteiger partial charge < -0.3 is 15.2 Å². The fraction of sp³-hybridized carbons (Fsp3) is 0.385. The first-order valence-corrected chi connectivity index (χ1v) is 10.3. The molecule has 5 heteroatoms. The number of hydrogen-bond acceptors (Lipinski definition) is 3. The number of rotatable bonds is 4. The molecular formula is C26H31NO4. The van der Waals surface area contributed by atoms with E-state index < -0.39 is 23.7 Å². The second-order valence-corrected chi connectivity index (χ2v) is 9.52. The molecule has 2 aromatic rings. The van der Waals surface area contributed by atoms with Crippen molar-refractivity contribution < 1.29 is 19.4 Å². The maximum Gasteiger partial charge on any atom is 0.408 e. The van der Waals surface area contributed by atoms with Gasteiger partial charge in [-0.3, -0.25) is 0 Å². The third-order valence-electron chi connectivity index (χ3n) is 4.48. The number of carboxylic acid groups (broad SMARTS) is 1. The molecule has 2 aromatic carbocycles. The van der Waals surface area contributed by atoms with Crippen molar-refractivity contribution in [1.82, 2.24) is 5.32 Å². The molecule has 0 saturated heterocycles. The lowest BCUT2D eigenvalue weighted by Crippen LogP contribution is -2.44. The van der Waals surface area contributed by atoms with E-state index in [2.05, 4.69) is 50.1 Å². The zero-order chi connectivity index (χ0) is 23.2. The van der Waals surface area contributed by atoms with Crippen LogP contribution in [0.1, 0.15) is 63.8 Å². The number of nitrogens with one attached hydrogen (secondary N) is 1. The van der Waals surface area contributed by atoms with Gasteiger partial charge in [0.15, 0.2) is 0 Å². The molecule has 2 rings (SSSR count). The topological polar surface area (TPSA) is 75.6 Å². The van der Waals surface area contributed by atoms with Crippen LogP contribution in [0.3, 0.4) is 0 Å². The quantitative estimate of drug-likeness (QED) is 0.688. The van der Waals surface area contributed by atoms with Crippen LogP contribution in [-0.2, 0) is 21.4 Å². The Hall–Kier alpha value is -3.26. The van der Waals surface area contributed by atoms with Gasteiger partial charge in [0.1, 0.15) is 11.6 Å². The minimum Gasteiger partial charge on any atom is -0.480 e. The van der Waals surface area contributed by atoms with E-state index >= 15 is 0 Å². The Morgan fingerprint density at radius 2 is 1.39 bits per heavy atom. The number of hydrogen-bond donors (Lipinski definition) is 2. The maximum atomic E-state index is 11.9. The van der Waals surface area contributed by atoms with Gasteiger partial charge in [0.25, 0.3) is 0 Å². The largest absolute Gasteiger partial charge is 0.480 e. The zero-order valence-electron chi connectivity index (χ0n) is 19.1. The fourth-order valence-corrected chi connectivity index (χ4v) is 2.81. The second kappa shape index (κ2) is 9.70. The Bertz CT molecular complexity index is 966.